The highest BCUT2D eigenvalue weighted by Crippen LogP contribution is 2.28. The van der Waals surface area contributed by atoms with Gasteiger partial charge < -0.3 is 10.2 Å². The molecular weight excluding hydrogens is 412 g/mol. The first-order chi connectivity index (χ1) is 16.1. The van der Waals surface area contributed by atoms with Gasteiger partial charge in [0.15, 0.2) is 5.65 Å². The summed E-state index contributed by atoms with van der Waals surface area (Å²) in [6.45, 7) is 6.19. The summed E-state index contributed by atoms with van der Waals surface area (Å²) in [6.07, 6.45) is 5.37. The van der Waals surface area contributed by atoms with E-state index < -0.39 is 0 Å². The fourth-order valence-electron chi connectivity index (χ4n) is 4.33. The lowest BCUT2D eigenvalue weighted by Crippen LogP contribution is -2.43. The van der Waals surface area contributed by atoms with E-state index in [9.17, 15) is 4.79 Å². The van der Waals surface area contributed by atoms with Crippen LogP contribution in [0.3, 0.4) is 0 Å². The third-order valence-corrected chi connectivity index (χ3v) is 6.27. The highest BCUT2D eigenvalue weighted by Gasteiger charge is 2.28. The molecule has 3 heterocycles. The lowest BCUT2D eigenvalue weighted by atomic mass is 9.97. The van der Waals surface area contributed by atoms with Crippen molar-refractivity contribution in [2.45, 2.75) is 33.2 Å². The second kappa shape index (κ2) is 9.02. The molecule has 1 amide bonds. The summed E-state index contributed by atoms with van der Waals surface area (Å²) in [5, 5.41) is 8.67. The number of rotatable bonds is 5. The highest BCUT2D eigenvalue weighted by molar-refractivity contribution is 5.87. The predicted molar refractivity (Wildman–Crippen MR) is 129 cm³/mol. The van der Waals surface area contributed by atoms with Crippen LogP contribution >= 0.6 is 0 Å². The second-order valence-corrected chi connectivity index (χ2v) is 8.83. The number of amides is 1. The van der Waals surface area contributed by atoms with Gasteiger partial charge in [-0.2, -0.15) is 0 Å². The maximum atomic E-state index is 12.9. The van der Waals surface area contributed by atoms with Crippen LogP contribution in [-0.2, 0) is 11.3 Å². The molecule has 0 spiro atoms. The number of nitrogens with zero attached hydrogens (tertiary/aromatic N) is 5. The van der Waals surface area contributed by atoms with Gasteiger partial charge in [-0.05, 0) is 44.4 Å². The molecule has 7 heteroatoms. The summed E-state index contributed by atoms with van der Waals surface area (Å²) in [4.78, 5) is 24.1. The molecule has 0 unspecified atom stereocenters. The van der Waals surface area contributed by atoms with Gasteiger partial charge in [-0.1, -0.05) is 47.5 Å². The zero-order valence-corrected chi connectivity index (χ0v) is 19.0. The molecule has 1 aliphatic heterocycles. The minimum Gasteiger partial charge on any atom is -0.355 e. The Hall–Kier alpha value is -3.74. The quantitative estimate of drug-likeness (QED) is 0.508. The third kappa shape index (κ3) is 4.58. The molecule has 0 saturated carbocycles. The molecule has 0 radical (unpaired) electrons. The van der Waals surface area contributed by atoms with Crippen LogP contribution in [0.1, 0.15) is 29.5 Å². The van der Waals surface area contributed by atoms with Crippen molar-refractivity contribution in [3.05, 3.63) is 77.7 Å². The van der Waals surface area contributed by atoms with E-state index in [1.807, 2.05) is 23.0 Å². The second-order valence-electron chi connectivity index (χ2n) is 8.83. The van der Waals surface area contributed by atoms with Gasteiger partial charge in [-0.3, -0.25) is 4.79 Å². The zero-order valence-electron chi connectivity index (χ0n) is 19.0. The van der Waals surface area contributed by atoms with E-state index in [1.54, 1.807) is 6.33 Å². The van der Waals surface area contributed by atoms with Crippen LogP contribution in [0.25, 0.3) is 16.7 Å². The maximum Gasteiger partial charge on any atom is 0.225 e. The van der Waals surface area contributed by atoms with E-state index in [1.165, 1.54) is 11.1 Å². The molecule has 0 aliphatic carbocycles. The van der Waals surface area contributed by atoms with Crippen molar-refractivity contribution in [3.63, 3.8) is 0 Å². The Labute approximate surface area is 193 Å². The Kier molecular flexibility index (Phi) is 5.77. The van der Waals surface area contributed by atoms with E-state index >= 15 is 0 Å². The van der Waals surface area contributed by atoms with Gasteiger partial charge in [0.2, 0.25) is 5.91 Å². The summed E-state index contributed by atoms with van der Waals surface area (Å²) < 4.78 is 1.85. The van der Waals surface area contributed by atoms with Crippen LogP contribution in [0.4, 0.5) is 5.82 Å². The topological polar surface area (TPSA) is 75.9 Å². The van der Waals surface area contributed by atoms with Crippen molar-refractivity contribution in [2.75, 3.05) is 18.0 Å². The fourth-order valence-corrected chi connectivity index (χ4v) is 4.33. The van der Waals surface area contributed by atoms with Crippen LogP contribution < -0.4 is 10.2 Å². The number of aryl methyl sites for hydroxylation is 2. The number of fused-ring (bicyclic) bond motifs is 1. The van der Waals surface area contributed by atoms with Gasteiger partial charge >= 0.3 is 0 Å². The molecule has 1 saturated heterocycles. The first-order valence-electron chi connectivity index (χ1n) is 11.4. The fraction of sp³-hybridized carbons (Fsp3) is 0.308. The Morgan fingerprint density at radius 2 is 1.76 bits per heavy atom. The Bertz CT molecular complexity index is 1260. The monoisotopic (exact) mass is 440 g/mol. The Morgan fingerprint density at radius 3 is 2.52 bits per heavy atom. The molecule has 168 valence electrons. The number of nitrogens with one attached hydrogen (secondary N) is 1. The lowest BCUT2D eigenvalue weighted by molar-refractivity contribution is -0.125. The van der Waals surface area contributed by atoms with Crippen LogP contribution in [0.2, 0.25) is 0 Å². The summed E-state index contributed by atoms with van der Waals surface area (Å²) in [5.74, 6) is 0.872. The predicted octanol–water partition coefficient (Wildman–Crippen LogP) is 3.97. The van der Waals surface area contributed by atoms with Crippen molar-refractivity contribution in [1.82, 2.24) is 25.1 Å². The molecule has 1 aliphatic rings. The molecule has 5 rings (SSSR count). The van der Waals surface area contributed by atoms with Crippen LogP contribution in [0, 0.1) is 19.8 Å². The molecule has 2 aromatic heterocycles. The lowest BCUT2D eigenvalue weighted by Gasteiger charge is -2.33. The Balaban J connectivity index is 1.32. The SMILES string of the molecule is Cc1ccc(CNC(=O)[C@@H]2CCCN(c3ncnc4nn(-c5ccc(C)cc5)cc34)C2)cc1. The van der Waals surface area contributed by atoms with Gasteiger partial charge in [0.1, 0.15) is 12.1 Å². The number of hydrogen-bond acceptors (Lipinski definition) is 5. The normalized spacial score (nSPS) is 16.2. The molecule has 0 bridgehead atoms. The molecule has 1 atom stereocenters. The smallest absolute Gasteiger partial charge is 0.225 e. The Morgan fingerprint density at radius 1 is 1.03 bits per heavy atom. The molecule has 1 fully saturated rings. The summed E-state index contributed by atoms with van der Waals surface area (Å²) in [6, 6.07) is 16.5. The van der Waals surface area contributed by atoms with Gasteiger partial charge in [0.05, 0.1) is 17.0 Å². The number of anilines is 1. The molecule has 1 N–H and O–H groups in total. The van der Waals surface area contributed by atoms with E-state index in [0.29, 0.717) is 18.7 Å². The van der Waals surface area contributed by atoms with Crippen molar-refractivity contribution < 1.29 is 4.79 Å². The maximum absolute atomic E-state index is 12.9. The van der Waals surface area contributed by atoms with Crippen molar-refractivity contribution in [2.24, 2.45) is 5.92 Å². The number of benzene rings is 2. The zero-order chi connectivity index (χ0) is 22.8. The number of aromatic nitrogens is 4. The van der Waals surface area contributed by atoms with E-state index in [2.05, 4.69) is 75.5 Å². The van der Waals surface area contributed by atoms with Gasteiger partial charge in [-0.25, -0.2) is 14.6 Å². The van der Waals surface area contributed by atoms with Crippen LogP contribution in [0.15, 0.2) is 61.1 Å². The standard InChI is InChI=1S/C26H28N6O/c1-18-5-9-20(10-6-18)14-27-26(33)21-4-3-13-31(15-21)25-23-16-32(30-24(23)28-17-29-25)22-11-7-19(2)8-12-22/h5-12,16-17,21H,3-4,13-15H2,1-2H3,(H,27,33)/t21-/m1/s1. The number of piperidine rings is 1. The van der Waals surface area contributed by atoms with Gasteiger partial charge in [0.25, 0.3) is 0 Å². The summed E-state index contributed by atoms with van der Waals surface area (Å²) in [5.41, 5.74) is 5.18. The minimum absolute atomic E-state index is 0.0682. The highest BCUT2D eigenvalue weighted by atomic mass is 16.1. The van der Waals surface area contributed by atoms with Crippen molar-refractivity contribution >= 4 is 22.8 Å². The summed E-state index contributed by atoms with van der Waals surface area (Å²) in [7, 11) is 0. The first kappa shape index (κ1) is 21.1. The average molecular weight is 441 g/mol. The minimum atomic E-state index is -0.0682. The molecular formula is C26H28N6O. The van der Waals surface area contributed by atoms with E-state index in [0.717, 1.165) is 41.8 Å². The first-order valence-corrected chi connectivity index (χ1v) is 11.4. The molecule has 4 aromatic rings. The molecule has 33 heavy (non-hydrogen) atoms. The van der Waals surface area contributed by atoms with Crippen molar-refractivity contribution in [3.8, 4) is 5.69 Å². The van der Waals surface area contributed by atoms with E-state index in [-0.39, 0.29) is 11.8 Å². The largest absolute Gasteiger partial charge is 0.355 e. The third-order valence-electron chi connectivity index (χ3n) is 6.27. The van der Waals surface area contributed by atoms with E-state index in [4.69, 9.17) is 0 Å². The van der Waals surface area contributed by atoms with Gasteiger partial charge in [0, 0.05) is 25.8 Å². The average Bonchev–Trinajstić information content (AvgIpc) is 3.28. The number of carbonyl (C=O) groups is 1. The number of carbonyl (C=O) groups excluding carboxylic acids is 1. The van der Waals surface area contributed by atoms with Crippen LogP contribution in [0.5, 0.6) is 0 Å². The van der Waals surface area contributed by atoms with Gasteiger partial charge in [-0.15, -0.1) is 5.10 Å². The molecule has 7 nitrogen and oxygen atoms in total. The van der Waals surface area contributed by atoms with Crippen molar-refractivity contribution in [1.29, 1.82) is 0 Å². The molecule has 2 aromatic carbocycles. The summed E-state index contributed by atoms with van der Waals surface area (Å²) >= 11 is 0. The number of hydrogen-bond donors (Lipinski definition) is 1. The van der Waals surface area contributed by atoms with Crippen LogP contribution in [-0.4, -0.2) is 38.7 Å².